The fourth-order valence-electron chi connectivity index (χ4n) is 18.7. The van der Waals surface area contributed by atoms with E-state index in [0.29, 0.717) is 0 Å². The SMILES string of the molecule is CC1(C)c2ccccc2-c2ccc(N(c3ccc(-c4ccccc4)cc3)c3ccc4c(c3)C(c3ccccc3)(c3ccccc3)c3cc(F)ccc3-4)cc21.CC1(C)c2ccccc2-c2ccc(N(c3ccc4c(c3)C(c3ccccc3)(c3ccccc3)c3cc(F)ccc3-4)c3ccccc3-c3ccccc3)cc21. The van der Waals surface area contributed by atoms with Crippen LogP contribution in [-0.2, 0) is 21.7 Å². The third-order valence-corrected chi connectivity index (χ3v) is 23.6. The topological polar surface area (TPSA) is 6.48 Å². The fraction of sp³-hybridized carbons (Fsp3) is 0.0769. The summed E-state index contributed by atoms with van der Waals surface area (Å²) < 4.78 is 30.9. The largest absolute Gasteiger partial charge is 0.310 e. The van der Waals surface area contributed by atoms with Crippen LogP contribution in [0.2, 0.25) is 0 Å². The summed E-state index contributed by atoms with van der Waals surface area (Å²) in [6.45, 7) is 9.34. The highest BCUT2D eigenvalue weighted by molar-refractivity contribution is 5.96. The molecule has 0 saturated heterocycles. The quantitative estimate of drug-likeness (QED) is 0.120. The molecule has 0 amide bonds. The fourth-order valence-corrected chi connectivity index (χ4v) is 18.7. The van der Waals surface area contributed by atoms with Crippen LogP contribution in [0.3, 0.4) is 0 Å². The normalized spacial score (nSPS) is 14.1. The Labute approximate surface area is 631 Å². The third kappa shape index (κ3) is 10.3. The van der Waals surface area contributed by atoms with Crippen LogP contribution in [0.15, 0.2) is 388 Å². The molecule has 4 aliphatic rings. The summed E-state index contributed by atoms with van der Waals surface area (Å²) in [6, 6.07) is 137. The van der Waals surface area contributed by atoms with E-state index in [2.05, 4.69) is 389 Å². The second-order valence-electron chi connectivity index (χ2n) is 30.1. The number of fused-ring (bicyclic) bond motifs is 12. The second kappa shape index (κ2) is 25.9. The Morgan fingerprint density at radius 2 is 0.463 bits per heavy atom. The van der Waals surface area contributed by atoms with Crippen LogP contribution in [0.25, 0.3) is 66.8 Å². The van der Waals surface area contributed by atoms with E-state index in [1.165, 1.54) is 55.6 Å². The van der Waals surface area contributed by atoms with E-state index in [4.69, 9.17) is 0 Å². The van der Waals surface area contributed by atoms with E-state index >= 15 is 8.78 Å². The average molecular weight is 1390 g/mol. The Bertz CT molecular complexity index is 6050. The Hall–Kier alpha value is -13.0. The molecule has 4 aliphatic carbocycles. The van der Waals surface area contributed by atoms with Crippen molar-refractivity contribution in [3.63, 3.8) is 0 Å². The summed E-state index contributed by atoms with van der Waals surface area (Å²) in [4.78, 5) is 4.81. The summed E-state index contributed by atoms with van der Waals surface area (Å²) in [5, 5.41) is 0. The van der Waals surface area contributed by atoms with E-state index in [1.54, 1.807) is 24.3 Å². The molecular formula is C104H76F2N2. The van der Waals surface area contributed by atoms with Gasteiger partial charge >= 0.3 is 0 Å². The number of benzene rings is 16. The lowest BCUT2D eigenvalue weighted by molar-refractivity contribution is 0.621. The van der Waals surface area contributed by atoms with Crippen LogP contribution in [0.5, 0.6) is 0 Å². The molecule has 20 rings (SSSR count). The average Bonchev–Trinajstić information content (AvgIpc) is 1.53. The van der Waals surface area contributed by atoms with Gasteiger partial charge in [0.25, 0.3) is 0 Å². The summed E-state index contributed by atoms with van der Waals surface area (Å²) in [6.07, 6.45) is 0. The van der Waals surface area contributed by atoms with E-state index in [9.17, 15) is 0 Å². The zero-order chi connectivity index (χ0) is 72.9. The highest BCUT2D eigenvalue weighted by Gasteiger charge is 2.49. The molecule has 108 heavy (non-hydrogen) atoms. The van der Waals surface area contributed by atoms with Gasteiger partial charge in [-0.15, -0.1) is 0 Å². The monoisotopic (exact) mass is 1390 g/mol. The Morgan fingerprint density at radius 1 is 0.194 bits per heavy atom. The van der Waals surface area contributed by atoms with Crippen molar-refractivity contribution in [2.75, 3.05) is 9.80 Å². The van der Waals surface area contributed by atoms with Crippen LogP contribution in [-0.4, -0.2) is 0 Å². The minimum Gasteiger partial charge on any atom is -0.310 e. The van der Waals surface area contributed by atoms with Gasteiger partial charge in [0.1, 0.15) is 11.6 Å². The molecule has 0 bridgehead atoms. The molecule has 0 N–H and O–H groups in total. The number of nitrogens with zero attached hydrogens (tertiary/aromatic N) is 2. The van der Waals surface area contributed by atoms with E-state index < -0.39 is 10.8 Å². The van der Waals surface area contributed by atoms with Gasteiger partial charge in [-0.25, -0.2) is 8.78 Å². The van der Waals surface area contributed by atoms with Gasteiger partial charge in [0.15, 0.2) is 0 Å². The molecular weight excluding hydrogens is 1320 g/mol. The van der Waals surface area contributed by atoms with Gasteiger partial charge in [-0.05, 0) is 219 Å². The van der Waals surface area contributed by atoms with E-state index in [-0.39, 0.29) is 22.5 Å². The van der Waals surface area contributed by atoms with Crippen molar-refractivity contribution < 1.29 is 8.78 Å². The molecule has 0 radical (unpaired) electrons. The summed E-state index contributed by atoms with van der Waals surface area (Å²) in [5.74, 6) is -0.474. The first-order chi connectivity index (χ1) is 52.9. The first-order valence-corrected chi connectivity index (χ1v) is 37.4. The predicted molar refractivity (Wildman–Crippen MR) is 443 cm³/mol. The highest BCUT2D eigenvalue weighted by atomic mass is 19.1. The van der Waals surface area contributed by atoms with Gasteiger partial charge in [0.05, 0.1) is 16.5 Å². The van der Waals surface area contributed by atoms with Crippen LogP contribution in [0.1, 0.15) is 94.5 Å². The lowest BCUT2D eigenvalue weighted by Gasteiger charge is -2.35. The van der Waals surface area contributed by atoms with Crippen LogP contribution < -0.4 is 9.80 Å². The maximum Gasteiger partial charge on any atom is 0.123 e. The minimum atomic E-state index is -0.739. The molecule has 4 heteroatoms. The summed E-state index contributed by atoms with van der Waals surface area (Å²) in [7, 11) is 0. The molecule has 0 aromatic heterocycles. The van der Waals surface area contributed by atoms with Crippen molar-refractivity contribution in [2.45, 2.75) is 49.4 Å². The number of hydrogen-bond donors (Lipinski definition) is 0. The Morgan fingerprint density at radius 3 is 0.861 bits per heavy atom. The Kier molecular flexibility index (Phi) is 15.8. The van der Waals surface area contributed by atoms with E-state index in [0.717, 1.165) is 112 Å². The molecule has 2 nitrogen and oxygen atoms in total. The maximum absolute atomic E-state index is 15.5. The maximum atomic E-state index is 15.5. The number of hydrogen-bond acceptors (Lipinski definition) is 2. The van der Waals surface area contributed by atoms with Gasteiger partial charge in [-0.3, -0.25) is 0 Å². The Balaban J connectivity index is 0.000000147. The molecule has 0 fully saturated rings. The smallest absolute Gasteiger partial charge is 0.123 e. The summed E-state index contributed by atoms with van der Waals surface area (Å²) in [5.41, 5.74) is 32.8. The number of para-hydroxylation sites is 1. The molecule has 16 aromatic rings. The molecule has 16 aromatic carbocycles. The third-order valence-electron chi connectivity index (χ3n) is 23.6. The van der Waals surface area contributed by atoms with Crippen molar-refractivity contribution in [1.29, 1.82) is 0 Å². The molecule has 0 saturated carbocycles. The van der Waals surface area contributed by atoms with Crippen LogP contribution >= 0.6 is 0 Å². The highest BCUT2D eigenvalue weighted by Crippen LogP contribution is 2.61. The second-order valence-corrected chi connectivity index (χ2v) is 30.1. The predicted octanol–water partition coefficient (Wildman–Crippen LogP) is 27.3. The number of rotatable bonds is 12. The molecule has 0 spiro atoms. The van der Waals surface area contributed by atoms with Gasteiger partial charge in [-0.2, -0.15) is 0 Å². The van der Waals surface area contributed by atoms with Gasteiger partial charge in [0, 0.05) is 44.8 Å². The molecule has 0 atom stereocenters. The zero-order valence-corrected chi connectivity index (χ0v) is 60.6. The van der Waals surface area contributed by atoms with E-state index in [1.807, 2.05) is 12.1 Å². The molecule has 0 unspecified atom stereocenters. The lowest BCUT2D eigenvalue weighted by atomic mass is 9.67. The van der Waals surface area contributed by atoms with Crippen molar-refractivity contribution in [3.05, 3.63) is 467 Å². The molecule has 0 aliphatic heterocycles. The standard InChI is InChI=1S/2C52H38FN/c1-51(2)46-24-14-12-23-42(46)43-30-27-39(33-47(43)51)54(50-25-15-13-22-41(50)35-16-6-3-7-17-35)40-28-31-45-44-29-26-38(53)32-48(44)52(49(45)34-40,36-18-8-4-9-19-36)37-20-10-5-11-21-37;1-51(2)47-21-13-12-20-43(47)44-30-27-41(33-48(44)51)54(40-25-22-36(23-26-40)35-14-6-3-7-15-35)42-28-31-46-45-29-24-39(53)32-49(45)52(50(46)34-42,37-16-8-4-9-17-37)38-18-10-5-11-19-38/h2*3-34H,1-2H3. The van der Waals surface area contributed by atoms with Gasteiger partial charge < -0.3 is 9.80 Å². The number of anilines is 6. The first-order valence-electron chi connectivity index (χ1n) is 37.4. The van der Waals surface area contributed by atoms with Crippen molar-refractivity contribution in [1.82, 2.24) is 0 Å². The first kappa shape index (κ1) is 65.7. The number of halogens is 2. The summed E-state index contributed by atoms with van der Waals surface area (Å²) >= 11 is 0. The lowest BCUT2D eigenvalue weighted by Crippen LogP contribution is -2.29. The molecule has 516 valence electrons. The van der Waals surface area contributed by atoms with Crippen molar-refractivity contribution >= 4 is 34.1 Å². The van der Waals surface area contributed by atoms with Crippen LogP contribution in [0, 0.1) is 11.6 Å². The molecule has 0 heterocycles. The van der Waals surface area contributed by atoms with Crippen molar-refractivity contribution in [3.8, 4) is 66.8 Å². The van der Waals surface area contributed by atoms with Crippen molar-refractivity contribution in [2.24, 2.45) is 0 Å². The van der Waals surface area contributed by atoms with Gasteiger partial charge in [-0.1, -0.05) is 325 Å². The minimum absolute atomic E-state index is 0.149. The van der Waals surface area contributed by atoms with Gasteiger partial charge in [0.2, 0.25) is 0 Å². The zero-order valence-electron chi connectivity index (χ0n) is 60.6. The van der Waals surface area contributed by atoms with Crippen LogP contribution in [0.4, 0.5) is 42.9 Å².